The molecular weight excluding hydrogens is 464 g/mol. The van der Waals surface area contributed by atoms with Crippen molar-refractivity contribution in [1.82, 2.24) is 4.90 Å². The molecule has 1 heterocycles. The molecule has 1 aliphatic rings. The highest BCUT2D eigenvalue weighted by atomic mass is 79.9. The Morgan fingerprint density at radius 1 is 1.10 bits per heavy atom. The zero-order valence-corrected chi connectivity index (χ0v) is 19.7. The van der Waals surface area contributed by atoms with E-state index in [-0.39, 0.29) is 23.7 Å². The fourth-order valence-corrected chi connectivity index (χ4v) is 4.58. The Balaban J connectivity index is 1.37. The number of piperidine rings is 1. The van der Waals surface area contributed by atoms with Crippen LogP contribution in [0.3, 0.4) is 0 Å². The molecule has 0 spiro atoms. The van der Waals surface area contributed by atoms with Gasteiger partial charge in [-0.2, -0.15) is 0 Å². The lowest BCUT2D eigenvalue weighted by atomic mass is 10.1. The van der Waals surface area contributed by atoms with Gasteiger partial charge in [0, 0.05) is 36.1 Å². The lowest BCUT2D eigenvalue weighted by Gasteiger charge is -2.32. The Bertz CT molecular complexity index is 878. The fourth-order valence-electron chi connectivity index (χ4n) is 3.46. The molecule has 0 aromatic heterocycles. The number of nitrogens with zero attached hydrogens (tertiary/aromatic N) is 1. The summed E-state index contributed by atoms with van der Waals surface area (Å²) in [7, 11) is 0. The Morgan fingerprint density at radius 2 is 1.77 bits per heavy atom. The van der Waals surface area contributed by atoms with Crippen LogP contribution in [0.1, 0.15) is 24.0 Å². The van der Waals surface area contributed by atoms with E-state index >= 15 is 0 Å². The molecule has 1 saturated heterocycles. The molecule has 7 heteroatoms. The minimum Gasteiger partial charge on any atom is -0.490 e. The highest BCUT2D eigenvalue weighted by molar-refractivity contribution is 9.10. The van der Waals surface area contributed by atoms with Gasteiger partial charge in [0.2, 0.25) is 11.8 Å². The summed E-state index contributed by atoms with van der Waals surface area (Å²) in [5.74, 6) is 1.51. The molecule has 0 saturated carbocycles. The molecule has 2 aromatic rings. The molecule has 2 aromatic carbocycles. The molecule has 1 fully saturated rings. The van der Waals surface area contributed by atoms with Crippen molar-refractivity contribution in [3.63, 3.8) is 0 Å². The van der Waals surface area contributed by atoms with Crippen LogP contribution in [0.15, 0.2) is 46.9 Å². The third-order valence-electron chi connectivity index (χ3n) is 5.06. The van der Waals surface area contributed by atoms with Crippen LogP contribution in [-0.4, -0.2) is 47.4 Å². The Morgan fingerprint density at radius 3 is 2.43 bits per heavy atom. The number of hydrogen-bond donors (Lipinski definition) is 1. The van der Waals surface area contributed by atoms with Gasteiger partial charge in [-0.25, -0.2) is 0 Å². The predicted molar refractivity (Wildman–Crippen MR) is 126 cm³/mol. The maximum Gasteiger partial charge on any atom is 0.234 e. The van der Waals surface area contributed by atoms with Crippen molar-refractivity contribution in [1.29, 1.82) is 0 Å². The van der Waals surface area contributed by atoms with Crippen molar-refractivity contribution in [3.05, 3.63) is 58.1 Å². The van der Waals surface area contributed by atoms with E-state index < -0.39 is 0 Å². The molecule has 160 valence electrons. The van der Waals surface area contributed by atoms with Gasteiger partial charge in [0.05, 0.1) is 11.5 Å². The predicted octanol–water partition coefficient (Wildman–Crippen LogP) is 4.81. The SMILES string of the molecule is Cc1cccc(C)c1OC1CCN(C(=O)CSCC(=O)Nc2cccc(Br)c2)CC1. The second-order valence-corrected chi connectivity index (χ2v) is 9.37. The van der Waals surface area contributed by atoms with Crippen molar-refractivity contribution >= 4 is 45.2 Å². The van der Waals surface area contributed by atoms with Gasteiger partial charge in [0.1, 0.15) is 11.9 Å². The Hall–Kier alpha value is -1.99. The van der Waals surface area contributed by atoms with Crippen LogP contribution in [0, 0.1) is 13.8 Å². The van der Waals surface area contributed by atoms with Gasteiger partial charge >= 0.3 is 0 Å². The fraction of sp³-hybridized carbons (Fsp3) is 0.391. The average Bonchev–Trinajstić information content (AvgIpc) is 2.71. The number of likely N-dealkylation sites (tertiary alicyclic amines) is 1. The number of ether oxygens (including phenoxy) is 1. The first kappa shape index (κ1) is 22.7. The Kier molecular flexibility index (Phi) is 8.22. The number of aryl methyl sites for hydroxylation is 2. The first-order valence-electron chi connectivity index (χ1n) is 10.1. The van der Waals surface area contributed by atoms with Gasteiger partial charge in [0.15, 0.2) is 0 Å². The smallest absolute Gasteiger partial charge is 0.234 e. The van der Waals surface area contributed by atoms with Crippen molar-refractivity contribution < 1.29 is 14.3 Å². The molecule has 0 aliphatic carbocycles. The molecule has 0 unspecified atom stereocenters. The zero-order valence-electron chi connectivity index (χ0n) is 17.3. The quantitative estimate of drug-likeness (QED) is 0.604. The number of benzene rings is 2. The van der Waals surface area contributed by atoms with Crippen LogP contribution in [-0.2, 0) is 9.59 Å². The summed E-state index contributed by atoms with van der Waals surface area (Å²) in [6.07, 6.45) is 1.79. The number of rotatable bonds is 7. The van der Waals surface area contributed by atoms with E-state index in [0.717, 1.165) is 39.9 Å². The number of halogens is 1. The first-order valence-corrected chi connectivity index (χ1v) is 12.0. The molecular formula is C23H27BrN2O3S. The van der Waals surface area contributed by atoms with Crippen LogP contribution in [0.4, 0.5) is 5.69 Å². The van der Waals surface area contributed by atoms with Gasteiger partial charge in [-0.3, -0.25) is 9.59 Å². The van der Waals surface area contributed by atoms with Crippen LogP contribution in [0.2, 0.25) is 0 Å². The normalized spacial score (nSPS) is 14.4. The van der Waals surface area contributed by atoms with Crippen LogP contribution in [0.25, 0.3) is 0 Å². The van der Waals surface area contributed by atoms with E-state index in [2.05, 4.69) is 47.2 Å². The number of anilines is 1. The molecule has 5 nitrogen and oxygen atoms in total. The van der Waals surface area contributed by atoms with Crippen molar-refractivity contribution in [3.8, 4) is 5.75 Å². The maximum atomic E-state index is 12.5. The van der Waals surface area contributed by atoms with E-state index in [4.69, 9.17) is 4.74 Å². The number of carbonyl (C=O) groups is 2. The number of nitrogens with one attached hydrogen (secondary N) is 1. The van der Waals surface area contributed by atoms with E-state index in [1.54, 1.807) is 0 Å². The minimum absolute atomic E-state index is 0.0841. The molecule has 30 heavy (non-hydrogen) atoms. The number of amides is 2. The Labute approximate surface area is 190 Å². The summed E-state index contributed by atoms with van der Waals surface area (Å²) in [4.78, 5) is 26.4. The summed E-state index contributed by atoms with van der Waals surface area (Å²) in [6, 6.07) is 13.6. The molecule has 1 N–H and O–H groups in total. The second-order valence-electron chi connectivity index (χ2n) is 7.47. The van der Waals surface area contributed by atoms with Gasteiger partial charge in [0.25, 0.3) is 0 Å². The minimum atomic E-state index is -0.105. The largest absolute Gasteiger partial charge is 0.490 e. The van der Waals surface area contributed by atoms with Crippen LogP contribution >= 0.6 is 27.7 Å². The number of para-hydroxylation sites is 1. The summed E-state index contributed by atoms with van der Waals surface area (Å²) >= 11 is 4.73. The first-order chi connectivity index (χ1) is 14.4. The van der Waals surface area contributed by atoms with Gasteiger partial charge in [-0.05, 0) is 43.2 Å². The van der Waals surface area contributed by atoms with Crippen LogP contribution in [0.5, 0.6) is 5.75 Å². The highest BCUT2D eigenvalue weighted by Gasteiger charge is 2.24. The van der Waals surface area contributed by atoms with E-state index in [1.807, 2.05) is 35.2 Å². The highest BCUT2D eigenvalue weighted by Crippen LogP contribution is 2.26. The van der Waals surface area contributed by atoms with Gasteiger partial charge in [-0.15, -0.1) is 11.8 Å². The zero-order chi connectivity index (χ0) is 21.5. The van der Waals surface area contributed by atoms with Crippen LogP contribution < -0.4 is 10.1 Å². The van der Waals surface area contributed by atoms with Gasteiger partial charge < -0.3 is 15.0 Å². The second kappa shape index (κ2) is 10.9. The van der Waals surface area contributed by atoms with Gasteiger partial charge in [-0.1, -0.05) is 40.2 Å². The monoisotopic (exact) mass is 490 g/mol. The molecule has 2 amide bonds. The van der Waals surface area contributed by atoms with E-state index in [0.29, 0.717) is 18.8 Å². The third kappa shape index (κ3) is 6.51. The lowest BCUT2D eigenvalue weighted by Crippen LogP contribution is -2.42. The summed E-state index contributed by atoms with van der Waals surface area (Å²) in [5, 5.41) is 2.84. The summed E-state index contributed by atoms with van der Waals surface area (Å²) in [5.41, 5.74) is 3.03. The third-order valence-corrected chi connectivity index (χ3v) is 6.47. The summed E-state index contributed by atoms with van der Waals surface area (Å²) < 4.78 is 7.13. The van der Waals surface area contributed by atoms with E-state index in [9.17, 15) is 9.59 Å². The number of thioether (sulfide) groups is 1. The molecule has 0 bridgehead atoms. The average molecular weight is 491 g/mol. The molecule has 1 aliphatic heterocycles. The van der Waals surface area contributed by atoms with Crippen molar-refractivity contribution in [2.24, 2.45) is 0 Å². The van der Waals surface area contributed by atoms with Crippen molar-refractivity contribution in [2.75, 3.05) is 29.9 Å². The lowest BCUT2D eigenvalue weighted by molar-refractivity contribution is -0.130. The summed E-state index contributed by atoms with van der Waals surface area (Å²) in [6.45, 7) is 5.51. The molecule has 0 atom stereocenters. The molecule has 0 radical (unpaired) electrons. The standard InChI is InChI=1S/C23H27BrN2O3S/c1-16-5-3-6-17(2)23(16)29-20-9-11-26(12-10-20)22(28)15-30-14-21(27)25-19-8-4-7-18(24)13-19/h3-8,13,20H,9-12,14-15H2,1-2H3,(H,25,27). The maximum absolute atomic E-state index is 12.5. The number of carbonyl (C=O) groups excluding carboxylic acids is 2. The van der Waals surface area contributed by atoms with E-state index in [1.165, 1.54) is 11.8 Å². The van der Waals surface area contributed by atoms with Crippen molar-refractivity contribution in [2.45, 2.75) is 32.8 Å². The molecule has 3 rings (SSSR count). The number of hydrogen-bond acceptors (Lipinski definition) is 4. The topological polar surface area (TPSA) is 58.6 Å².